The number of rotatable bonds is 0. The van der Waals surface area contributed by atoms with E-state index in [0.29, 0.717) is 0 Å². The van der Waals surface area contributed by atoms with Gasteiger partial charge in [-0.3, -0.25) is 0 Å². The molecule has 3 heteroatoms. The van der Waals surface area contributed by atoms with E-state index >= 15 is 0 Å². The molecular weight excluding hydrogens is 322 g/mol. The molecule has 0 bridgehead atoms. The van der Waals surface area contributed by atoms with Crippen LogP contribution < -0.4 is 0 Å². The molecule has 0 fully saturated rings. The summed E-state index contributed by atoms with van der Waals surface area (Å²) in [6.45, 7) is 8.40. The first-order chi connectivity index (χ1) is 5.13. The fourth-order valence-electron chi connectivity index (χ4n) is 0.321. The van der Waals surface area contributed by atoms with Crippen molar-refractivity contribution in [3.8, 4) is 0 Å². The second kappa shape index (κ2) is 8.84. The Morgan fingerprint density at radius 1 is 1.33 bits per heavy atom. The average Bonchev–Trinajstić information content (AvgIpc) is 1.87. The summed E-state index contributed by atoms with van der Waals surface area (Å²) in [7, 11) is 0. The van der Waals surface area contributed by atoms with Crippen LogP contribution in [0.25, 0.3) is 0 Å². The molecule has 1 aromatic rings. The van der Waals surface area contributed by atoms with Crippen LogP contribution in [0.3, 0.4) is 0 Å². The summed E-state index contributed by atoms with van der Waals surface area (Å²) < 4.78 is 0. The number of hydrogen-bond acceptors (Lipinski definition) is 2. The summed E-state index contributed by atoms with van der Waals surface area (Å²) in [5.74, 6) is 0.833. The van der Waals surface area contributed by atoms with E-state index in [1.807, 2.05) is 6.92 Å². The molecule has 1 rings (SSSR count). The Kier molecular flexibility index (Phi) is 10.5. The van der Waals surface area contributed by atoms with Crippen LogP contribution in [0.2, 0.25) is 0 Å². The van der Waals surface area contributed by atoms with E-state index in [9.17, 15) is 0 Å². The van der Waals surface area contributed by atoms with Gasteiger partial charge < -0.3 is 9.97 Å². The summed E-state index contributed by atoms with van der Waals surface area (Å²) in [6.07, 6.45) is 4.13. The average molecular weight is 337 g/mol. The Labute approximate surface area is 88.5 Å². The fourth-order valence-corrected chi connectivity index (χ4v) is 0.321. The molecule has 0 aliphatic carbocycles. The van der Waals surface area contributed by atoms with Gasteiger partial charge in [-0.15, -0.1) is 6.07 Å². The van der Waals surface area contributed by atoms with Crippen LogP contribution in [-0.4, -0.2) is 9.97 Å². The second-order valence-electron chi connectivity index (χ2n) is 3.02. The Hall–Kier alpha value is -0.258. The van der Waals surface area contributed by atoms with Gasteiger partial charge in [-0.2, -0.15) is 0 Å². The molecule has 0 amide bonds. The quantitative estimate of drug-likeness (QED) is 0.679. The maximum atomic E-state index is 3.84. The molecule has 69 valence electrons. The summed E-state index contributed by atoms with van der Waals surface area (Å²) in [4.78, 5) is 7.45. The van der Waals surface area contributed by atoms with E-state index in [-0.39, 0.29) is 20.4 Å². The van der Waals surface area contributed by atoms with E-state index in [1.54, 1.807) is 6.07 Å². The number of aromatic nitrogens is 2. The van der Waals surface area contributed by atoms with Crippen molar-refractivity contribution in [1.29, 1.82) is 0 Å². The van der Waals surface area contributed by atoms with Gasteiger partial charge in [0.15, 0.2) is 0 Å². The Morgan fingerprint density at radius 2 is 1.83 bits per heavy atom. The van der Waals surface area contributed by atoms with Gasteiger partial charge in [0.25, 0.3) is 0 Å². The molecule has 0 N–H and O–H groups in total. The third-order valence-corrected chi connectivity index (χ3v) is 0.667. The van der Waals surface area contributed by atoms with E-state index in [4.69, 9.17) is 0 Å². The minimum absolute atomic E-state index is 0. The fraction of sp³-hybridized carbons (Fsp3) is 0.556. The molecule has 0 aromatic carbocycles. The van der Waals surface area contributed by atoms with Crippen LogP contribution in [0.4, 0.5) is 0 Å². The zero-order chi connectivity index (χ0) is 8.69. The van der Waals surface area contributed by atoms with Gasteiger partial charge in [-0.1, -0.05) is 39.6 Å². The SMILES string of the molecule is CC(C)C.Cc1c[c-]ncn1.[Re]. The first kappa shape index (κ1) is 14.3. The van der Waals surface area contributed by atoms with Crippen molar-refractivity contribution in [2.45, 2.75) is 27.7 Å². The van der Waals surface area contributed by atoms with Crippen molar-refractivity contribution in [2.75, 3.05) is 0 Å². The molecule has 1 heterocycles. The van der Waals surface area contributed by atoms with Crippen LogP contribution in [0.15, 0.2) is 12.4 Å². The smallest absolute Gasteiger partial charge is 0 e. The van der Waals surface area contributed by atoms with Gasteiger partial charge in [-0.25, -0.2) is 0 Å². The molecule has 0 atom stereocenters. The van der Waals surface area contributed by atoms with Crippen molar-refractivity contribution >= 4 is 0 Å². The molecule has 1 aromatic heterocycles. The molecule has 0 saturated heterocycles. The number of aryl methyl sites for hydroxylation is 1. The standard InChI is InChI=1S/C5H5N2.C4H10.Re/c1-5-2-3-6-4-7-5;1-4(2)3;/h2,4H,1H3;4H,1-3H3;/q-1;;. The van der Waals surface area contributed by atoms with E-state index in [2.05, 4.69) is 36.9 Å². The van der Waals surface area contributed by atoms with Crippen LogP contribution in [-0.2, 0) is 20.4 Å². The van der Waals surface area contributed by atoms with Crippen LogP contribution in [0, 0.1) is 19.0 Å². The predicted molar refractivity (Wildman–Crippen MR) is 46.1 cm³/mol. The largest absolute Gasteiger partial charge is 0.376 e. The van der Waals surface area contributed by atoms with Gasteiger partial charge in [0, 0.05) is 20.4 Å². The maximum absolute atomic E-state index is 3.84. The predicted octanol–water partition coefficient (Wildman–Crippen LogP) is 2.25. The summed E-state index contributed by atoms with van der Waals surface area (Å²) in [5.41, 5.74) is 0.954. The molecular formula is C9H15N2Re-. The van der Waals surface area contributed by atoms with Crippen LogP contribution in [0.5, 0.6) is 0 Å². The monoisotopic (exact) mass is 338 g/mol. The number of hydrogen-bond donors (Lipinski definition) is 0. The van der Waals surface area contributed by atoms with Crippen molar-refractivity contribution in [3.63, 3.8) is 0 Å². The van der Waals surface area contributed by atoms with E-state index in [1.165, 1.54) is 6.33 Å². The van der Waals surface area contributed by atoms with Crippen molar-refractivity contribution in [3.05, 3.63) is 24.3 Å². The first-order valence-corrected chi connectivity index (χ1v) is 3.77. The van der Waals surface area contributed by atoms with Crippen molar-refractivity contribution < 1.29 is 20.4 Å². The molecule has 0 aliphatic heterocycles. The third-order valence-electron chi connectivity index (χ3n) is 0.667. The molecule has 12 heavy (non-hydrogen) atoms. The van der Waals surface area contributed by atoms with E-state index in [0.717, 1.165) is 11.6 Å². The van der Waals surface area contributed by atoms with Gasteiger partial charge >= 0.3 is 0 Å². The van der Waals surface area contributed by atoms with Crippen molar-refractivity contribution in [2.24, 2.45) is 5.92 Å². The minimum Gasteiger partial charge on any atom is -0.376 e. The summed E-state index contributed by atoms with van der Waals surface area (Å²) in [5, 5.41) is 0. The number of nitrogens with zero attached hydrogens (tertiary/aromatic N) is 2. The zero-order valence-electron chi connectivity index (χ0n) is 8.00. The molecule has 0 saturated carbocycles. The zero-order valence-corrected chi connectivity index (χ0v) is 10.7. The molecule has 0 aliphatic rings. The van der Waals surface area contributed by atoms with Gasteiger partial charge in [0.2, 0.25) is 0 Å². The van der Waals surface area contributed by atoms with Gasteiger partial charge in [-0.05, 0) is 12.2 Å². The Morgan fingerprint density at radius 3 is 2.00 bits per heavy atom. The Balaban J connectivity index is 0. The summed E-state index contributed by atoms with van der Waals surface area (Å²) >= 11 is 0. The normalized spacial score (nSPS) is 8.08. The molecule has 0 spiro atoms. The minimum atomic E-state index is 0. The second-order valence-corrected chi connectivity index (χ2v) is 3.02. The third kappa shape index (κ3) is 12.4. The van der Waals surface area contributed by atoms with Gasteiger partial charge in [0.05, 0.1) is 0 Å². The van der Waals surface area contributed by atoms with Crippen LogP contribution >= 0.6 is 0 Å². The van der Waals surface area contributed by atoms with Crippen LogP contribution in [0.1, 0.15) is 26.5 Å². The first-order valence-electron chi connectivity index (χ1n) is 3.77. The topological polar surface area (TPSA) is 25.8 Å². The molecule has 1 radical (unpaired) electrons. The molecule has 2 nitrogen and oxygen atoms in total. The van der Waals surface area contributed by atoms with Gasteiger partial charge in [0.1, 0.15) is 0 Å². The molecule has 0 unspecified atom stereocenters. The maximum Gasteiger partial charge on any atom is 0 e. The van der Waals surface area contributed by atoms with Crippen molar-refractivity contribution in [1.82, 2.24) is 9.97 Å². The van der Waals surface area contributed by atoms with E-state index < -0.39 is 0 Å². The Bertz CT molecular complexity index is 172. The summed E-state index contributed by atoms with van der Waals surface area (Å²) in [6, 6.07) is 1.74.